The molecule has 0 unspecified atom stereocenters. The maximum absolute atomic E-state index is 11.8. The zero-order chi connectivity index (χ0) is 13.0. The van der Waals surface area contributed by atoms with Gasteiger partial charge in [-0.15, -0.1) is 5.10 Å². The molecule has 18 heavy (non-hydrogen) atoms. The lowest BCUT2D eigenvalue weighted by atomic mass is 10.1. The van der Waals surface area contributed by atoms with Gasteiger partial charge in [0.25, 0.3) is 0 Å². The Balaban J connectivity index is 1.96. The number of hydrogen-bond donors (Lipinski definition) is 2. The highest BCUT2D eigenvalue weighted by Crippen LogP contribution is 2.12. The smallest absolute Gasteiger partial charge is 0.230 e. The van der Waals surface area contributed by atoms with Crippen LogP contribution in [0.4, 0.5) is 5.13 Å². The number of hydrogen-bond acceptors (Lipinski definition) is 4. The minimum atomic E-state index is -0.0861. The molecule has 1 amide bonds. The van der Waals surface area contributed by atoms with Crippen LogP contribution in [0.2, 0.25) is 0 Å². The van der Waals surface area contributed by atoms with Gasteiger partial charge < -0.3 is 5.32 Å². The van der Waals surface area contributed by atoms with E-state index in [0.717, 1.165) is 12.0 Å². The van der Waals surface area contributed by atoms with E-state index in [0.29, 0.717) is 15.5 Å². The van der Waals surface area contributed by atoms with Gasteiger partial charge in [-0.05, 0) is 29.8 Å². The van der Waals surface area contributed by atoms with Crippen molar-refractivity contribution in [3.05, 3.63) is 39.3 Å². The molecule has 1 aromatic carbocycles. The summed E-state index contributed by atoms with van der Waals surface area (Å²) in [5.74, 6) is -0.0861. The van der Waals surface area contributed by atoms with Gasteiger partial charge in [0, 0.05) is 0 Å². The summed E-state index contributed by atoms with van der Waals surface area (Å²) in [6.45, 7) is 2.10. The summed E-state index contributed by atoms with van der Waals surface area (Å²) in [5, 5.41) is 9.72. The van der Waals surface area contributed by atoms with Gasteiger partial charge in [0.15, 0.2) is 3.95 Å². The van der Waals surface area contributed by atoms with Gasteiger partial charge in [0.1, 0.15) is 0 Å². The van der Waals surface area contributed by atoms with Crippen molar-refractivity contribution in [3.8, 4) is 0 Å². The van der Waals surface area contributed by atoms with Crippen molar-refractivity contribution in [3.63, 3.8) is 0 Å². The highest BCUT2D eigenvalue weighted by molar-refractivity contribution is 7.73. The number of nitrogens with zero attached hydrogens (tertiary/aromatic N) is 1. The molecular formula is C12H13N3OS2. The lowest BCUT2D eigenvalue weighted by molar-refractivity contribution is -0.115. The molecule has 0 saturated carbocycles. The maximum atomic E-state index is 11.8. The zero-order valence-electron chi connectivity index (χ0n) is 9.90. The average molecular weight is 279 g/mol. The van der Waals surface area contributed by atoms with Gasteiger partial charge >= 0.3 is 0 Å². The molecule has 0 radical (unpaired) electrons. The summed E-state index contributed by atoms with van der Waals surface area (Å²) < 4.78 is 0.553. The van der Waals surface area contributed by atoms with Gasteiger partial charge in [-0.25, -0.2) is 0 Å². The van der Waals surface area contributed by atoms with E-state index in [-0.39, 0.29) is 5.91 Å². The molecule has 4 nitrogen and oxygen atoms in total. The molecule has 6 heteroatoms. The summed E-state index contributed by atoms with van der Waals surface area (Å²) in [7, 11) is 0. The van der Waals surface area contributed by atoms with Gasteiger partial charge in [0.05, 0.1) is 6.42 Å². The Kier molecular flexibility index (Phi) is 4.22. The number of aryl methyl sites for hydroxylation is 1. The Morgan fingerprint density at radius 2 is 2.06 bits per heavy atom. The summed E-state index contributed by atoms with van der Waals surface area (Å²) in [6.07, 6.45) is 1.35. The SMILES string of the molecule is CCc1ccc(CC(=O)Nc2n[nH]c(=S)s2)cc1. The molecule has 2 aromatic rings. The number of benzene rings is 1. The van der Waals surface area contributed by atoms with Crippen molar-refractivity contribution in [1.29, 1.82) is 0 Å². The fourth-order valence-corrected chi connectivity index (χ4v) is 2.33. The number of H-pyrrole nitrogens is 1. The van der Waals surface area contributed by atoms with Crippen molar-refractivity contribution in [2.24, 2.45) is 0 Å². The second kappa shape index (κ2) is 5.88. The topological polar surface area (TPSA) is 57.8 Å². The highest BCUT2D eigenvalue weighted by Gasteiger charge is 2.06. The Hall–Kier alpha value is -1.53. The highest BCUT2D eigenvalue weighted by atomic mass is 32.1. The number of nitrogens with one attached hydrogen (secondary N) is 2. The average Bonchev–Trinajstić information content (AvgIpc) is 2.75. The first-order valence-corrected chi connectivity index (χ1v) is 6.83. The van der Waals surface area contributed by atoms with E-state index < -0.39 is 0 Å². The molecule has 0 bridgehead atoms. The molecular weight excluding hydrogens is 266 g/mol. The van der Waals surface area contributed by atoms with Crippen molar-refractivity contribution in [2.75, 3.05) is 5.32 Å². The maximum Gasteiger partial charge on any atom is 0.230 e. The summed E-state index contributed by atoms with van der Waals surface area (Å²) in [5.41, 5.74) is 2.26. The van der Waals surface area contributed by atoms with Crippen LogP contribution in [0.5, 0.6) is 0 Å². The van der Waals surface area contributed by atoms with Crippen LogP contribution in [0.1, 0.15) is 18.1 Å². The van der Waals surface area contributed by atoms with Crippen LogP contribution < -0.4 is 5.32 Å². The number of carbonyl (C=O) groups excluding carboxylic acids is 1. The van der Waals surface area contributed by atoms with Crippen LogP contribution in [-0.4, -0.2) is 16.1 Å². The lowest BCUT2D eigenvalue weighted by Crippen LogP contribution is -2.14. The van der Waals surface area contributed by atoms with Crippen LogP contribution in [0.3, 0.4) is 0 Å². The number of anilines is 1. The van der Waals surface area contributed by atoms with Gasteiger partial charge in [-0.3, -0.25) is 9.89 Å². The van der Waals surface area contributed by atoms with Crippen LogP contribution in [0.15, 0.2) is 24.3 Å². The van der Waals surface area contributed by atoms with Crippen LogP contribution in [-0.2, 0) is 17.6 Å². The third-order valence-corrected chi connectivity index (χ3v) is 3.49. The molecule has 0 aliphatic heterocycles. The van der Waals surface area contributed by atoms with Crippen LogP contribution in [0.25, 0.3) is 0 Å². The Morgan fingerprint density at radius 3 is 2.61 bits per heavy atom. The quantitative estimate of drug-likeness (QED) is 0.846. The van der Waals surface area contributed by atoms with Crippen molar-refractivity contribution in [1.82, 2.24) is 10.2 Å². The molecule has 0 saturated heterocycles. The van der Waals surface area contributed by atoms with E-state index in [1.807, 2.05) is 24.3 Å². The molecule has 1 heterocycles. The van der Waals surface area contributed by atoms with E-state index in [2.05, 4.69) is 22.4 Å². The van der Waals surface area contributed by atoms with Crippen LogP contribution in [0, 0.1) is 3.95 Å². The van der Waals surface area contributed by atoms with Crippen LogP contribution >= 0.6 is 23.6 Å². The minimum absolute atomic E-state index is 0.0861. The number of aromatic nitrogens is 2. The summed E-state index contributed by atoms with van der Waals surface area (Å²) in [4.78, 5) is 11.8. The second-order valence-electron chi connectivity index (χ2n) is 3.81. The van der Waals surface area contributed by atoms with Gasteiger partial charge in [-0.1, -0.05) is 42.5 Å². The van der Waals surface area contributed by atoms with Crippen molar-refractivity contribution < 1.29 is 4.79 Å². The van der Waals surface area contributed by atoms with E-state index in [1.54, 1.807) is 0 Å². The van der Waals surface area contributed by atoms with Crippen molar-refractivity contribution >= 4 is 34.6 Å². The molecule has 0 aliphatic carbocycles. The monoisotopic (exact) mass is 279 g/mol. The fraction of sp³-hybridized carbons (Fsp3) is 0.250. The lowest BCUT2D eigenvalue weighted by Gasteiger charge is -2.02. The molecule has 0 atom stereocenters. The van der Waals surface area contributed by atoms with E-state index in [9.17, 15) is 4.79 Å². The molecule has 0 fully saturated rings. The predicted molar refractivity (Wildman–Crippen MR) is 75.5 cm³/mol. The Morgan fingerprint density at radius 1 is 1.39 bits per heavy atom. The predicted octanol–water partition coefficient (Wildman–Crippen LogP) is 2.94. The zero-order valence-corrected chi connectivity index (χ0v) is 11.5. The Bertz CT molecular complexity index is 586. The third kappa shape index (κ3) is 3.48. The standard InChI is InChI=1S/C12H13N3OS2/c1-2-8-3-5-9(6-4-8)7-10(16)13-11-14-15-12(17)18-11/h3-6H,2,7H2,1H3,(H,15,17)(H,13,14,16). The van der Waals surface area contributed by atoms with Gasteiger partial charge in [-0.2, -0.15) is 0 Å². The minimum Gasteiger partial charge on any atom is -0.300 e. The number of aromatic amines is 1. The van der Waals surface area contributed by atoms with E-state index >= 15 is 0 Å². The first kappa shape index (κ1) is 12.9. The number of rotatable bonds is 4. The normalized spacial score (nSPS) is 10.3. The van der Waals surface area contributed by atoms with E-state index in [1.165, 1.54) is 16.9 Å². The molecule has 1 aromatic heterocycles. The second-order valence-corrected chi connectivity index (χ2v) is 5.48. The summed E-state index contributed by atoms with van der Waals surface area (Å²) >= 11 is 6.14. The van der Waals surface area contributed by atoms with E-state index in [4.69, 9.17) is 12.2 Å². The molecule has 94 valence electrons. The molecule has 2 rings (SSSR count). The summed E-state index contributed by atoms with van der Waals surface area (Å²) in [6, 6.07) is 8.04. The number of amides is 1. The first-order valence-electron chi connectivity index (χ1n) is 5.60. The molecule has 2 N–H and O–H groups in total. The fourth-order valence-electron chi connectivity index (χ4n) is 1.53. The first-order chi connectivity index (χ1) is 8.67. The third-order valence-electron chi connectivity index (χ3n) is 2.48. The largest absolute Gasteiger partial charge is 0.300 e. The molecule has 0 spiro atoms. The Labute approximate surface area is 114 Å². The number of carbonyl (C=O) groups is 1. The van der Waals surface area contributed by atoms with Crippen molar-refractivity contribution in [2.45, 2.75) is 19.8 Å². The molecule has 0 aliphatic rings. The van der Waals surface area contributed by atoms with Gasteiger partial charge in [0.2, 0.25) is 11.0 Å².